The molecule has 0 aliphatic rings. The Bertz CT molecular complexity index is 948. The van der Waals surface area contributed by atoms with Crippen molar-refractivity contribution in [1.82, 2.24) is 10.3 Å². The molecule has 0 spiro atoms. The van der Waals surface area contributed by atoms with Gasteiger partial charge in [0.1, 0.15) is 5.01 Å². The molecule has 0 atom stereocenters. The molecule has 0 bridgehead atoms. The first-order valence-electron chi connectivity index (χ1n) is 8.32. The molecule has 140 valence electrons. The van der Waals surface area contributed by atoms with Gasteiger partial charge in [0.05, 0.1) is 10.2 Å². The lowest BCUT2D eigenvalue weighted by Crippen LogP contribution is -2.22. The lowest BCUT2D eigenvalue weighted by Gasteiger charge is -2.06. The van der Waals surface area contributed by atoms with Crippen LogP contribution in [-0.2, 0) is 9.59 Å². The Balaban J connectivity index is 1.63. The lowest BCUT2D eigenvalue weighted by atomic mass is 10.2. The van der Waals surface area contributed by atoms with Crippen LogP contribution in [0.25, 0.3) is 20.8 Å². The van der Waals surface area contributed by atoms with Gasteiger partial charge < -0.3 is 10.6 Å². The number of carbonyl (C=O) groups excluding carboxylic acids is 2. The Hall–Kier alpha value is -2.87. The van der Waals surface area contributed by atoms with E-state index in [1.807, 2.05) is 0 Å². The minimum atomic E-state index is -0.920. The molecule has 0 saturated carbocycles. The van der Waals surface area contributed by atoms with E-state index in [2.05, 4.69) is 15.6 Å². The van der Waals surface area contributed by atoms with Crippen molar-refractivity contribution in [3.8, 4) is 10.6 Å². The smallest absolute Gasteiger partial charge is 0.224 e. The number of benzene rings is 2. The maximum Gasteiger partial charge on any atom is 0.224 e. The van der Waals surface area contributed by atoms with E-state index in [1.54, 1.807) is 24.3 Å². The van der Waals surface area contributed by atoms with E-state index >= 15 is 0 Å². The van der Waals surface area contributed by atoms with Crippen molar-refractivity contribution in [3.05, 3.63) is 48.0 Å². The van der Waals surface area contributed by atoms with Crippen LogP contribution in [0.4, 0.5) is 14.5 Å². The van der Waals surface area contributed by atoms with E-state index in [-0.39, 0.29) is 11.8 Å². The minimum Gasteiger partial charge on any atom is -0.356 e. The van der Waals surface area contributed by atoms with Crippen LogP contribution in [0, 0.1) is 11.6 Å². The molecule has 0 aliphatic carbocycles. The predicted molar refractivity (Wildman–Crippen MR) is 102 cm³/mol. The van der Waals surface area contributed by atoms with Gasteiger partial charge in [-0.25, -0.2) is 13.8 Å². The van der Waals surface area contributed by atoms with Gasteiger partial charge in [0, 0.05) is 37.2 Å². The summed E-state index contributed by atoms with van der Waals surface area (Å²) in [5.41, 5.74) is 1.84. The molecule has 27 heavy (non-hydrogen) atoms. The third kappa shape index (κ3) is 4.85. The van der Waals surface area contributed by atoms with Gasteiger partial charge in [0.25, 0.3) is 0 Å². The van der Waals surface area contributed by atoms with E-state index in [1.165, 1.54) is 18.3 Å². The number of nitrogens with zero attached hydrogens (tertiary/aromatic N) is 1. The number of nitrogens with one attached hydrogen (secondary N) is 2. The molecule has 1 heterocycles. The number of halogens is 2. The highest BCUT2D eigenvalue weighted by atomic mass is 32.1. The number of hydrogen-bond donors (Lipinski definition) is 2. The van der Waals surface area contributed by atoms with Crippen LogP contribution in [-0.4, -0.2) is 23.3 Å². The molecule has 1 aromatic heterocycles. The molecule has 0 radical (unpaired) electrons. The number of anilines is 1. The summed E-state index contributed by atoms with van der Waals surface area (Å²) < 4.78 is 27.2. The van der Waals surface area contributed by atoms with Gasteiger partial charge in [-0.1, -0.05) is 0 Å². The van der Waals surface area contributed by atoms with Crippen LogP contribution in [0.1, 0.15) is 19.8 Å². The number of aromatic nitrogens is 1. The monoisotopic (exact) mass is 389 g/mol. The zero-order valence-electron chi connectivity index (χ0n) is 14.5. The summed E-state index contributed by atoms with van der Waals surface area (Å²) in [5.74, 6) is -2.07. The first-order chi connectivity index (χ1) is 12.9. The minimum absolute atomic E-state index is 0.119. The fourth-order valence-electron chi connectivity index (χ4n) is 2.48. The van der Waals surface area contributed by atoms with Gasteiger partial charge in [-0.15, -0.1) is 11.3 Å². The van der Waals surface area contributed by atoms with E-state index in [0.717, 1.165) is 17.7 Å². The largest absolute Gasteiger partial charge is 0.356 e. The summed E-state index contributed by atoms with van der Waals surface area (Å²) in [5, 5.41) is 6.06. The maximum atomic E-state index is 13.3. The van der Waals surface area contributed by atoms with Gasteiger partial charge in [0.2, 0.25) is 11.8 Å². The second-order valence-electron chi connectivity index (χ2n) is 5.97. The summed E-state index contributed by atoms with van der Waals surface area (Å²) in [7, 11) is 0. The Morgan fingerprint density at radius 1 is 1.11 bits per heavy atom. The number of hydrogen-bond acceptors (Lipinski definition) is 4. The van der Waals surface area contributed by atoms with E-state index in [4.69, 9.17) is 0 Å². The van der Waals surface area contributed by atoms with Crippen LogP contribution in [0.5, 0.6) is 0 Å². The summed E-state index contributed by atoms with van der Waals surface area (Å²) in [6, 6.07) is 9.29. The summed E-state index contributed by atoms with van der Waals surface area (Å²) in [4.78, 5) is 27.0. The normalized spacial score (nSPS) is 10.8. The number of thiazole rings is 1. The van der Waals surface area contributed by atoms with Crippen molar-refractivity contribution in [2.45, 2.75) is 19.8 Å². The van der Waals surface area contributed by atoms with Crippen molar-refractivity contribution in [3.63, 3.8) is 0 Å². The Morgan fingerprint density at radius 2 is 1.81 bits per heavy atom. The summed E-state index contributed by atoms with van der Waals surface area (Å²) in [6.45, 7) is 1.89. The molecule has 0 fully saturated rings. The fourth-order valence-corrected chi connectivity index (χ4v) is 3.46. The zero-order chi connectivity index (χ0) is 19.4. The summed E-state index contributed by atoms with van der Waals surface area (Å²) >= 11 is 1.27. The van der Waals surface area contributed by atoms with Gasteiger partial charge in [0.15, 0.2) is 11.6 Å². The molecule has 0 aliphatic heterocycles. The van der Waals surface area contributed by atoms with Crippen molar-refractivity contribution in [2.75, 3.05) is 11.9 Å². The third-order valence-corrected chi connectivity index (χ3v) is 4.87. The molecule has 8 heteroatoms. The van der Waals surface area contributed by atoms with E-state index in [0.29, 0.717) is 40.3 Å². The highest BCUT2D eigenvalue weighted by Gasteiger charge is 2.11. The first kappa shape index (κ1) is 18.9. The standard InChI is InChI=1S/C19H17F2N3O2S/c1-11(25)22-8-2-3-18(26)23-13-6-4-12(5-7-13)19-24-16-9-14(20)15(21)10-17(16)27-19/h4-7,9-10H,2-3,8H2,1H3,(H,22,25)(H,23,26). The van der Waals surface area contributed by atoms with Crippen molar-refractivity contribution >= 4 is 39.1 Å². The van der Waals surface area contributed by atoms with Crippen LogP contribution in [0.3, 0.4) is 0 Å². The van der Waals surface area contributed by atoms with Crippen molar-refractivity contribution in [1.29, 1.82) is 0 Å². The van der Waals surface area contributed by atoms with Gasteiger partial charge >= 0.3 is 0 Å². The zero-order valence-corrected chi connectivity index (χ0v) is 15.3. The maximum absolute atomic E-state index is 13.3. The molecule has 2 N–H and O–H groups in total. The topological polar surface area (TPSA) is 71.1 Å². The summed E-state index contributed by atoms with van der Waals surface area (Å²) in [6.07, 6.45) is 0.860. The molecule has 3 rings (SSSR count). The highest BCUT2D eigenvalue weighted by Crippen LogP contribution is 2.31. The SMILES string of the molecule is CC(=O)NCCCC(=O)Nc1ccc(-c2nc3cc(F)c(F)cc3s2)cc1. The third-order valence-electron chi connectivity index (χ3n) is 3.80. The Labute approximate surface area is 158 Å². The second kappa shape index (κ2) is 8.22. The van der Waals surface area contributed by atoms with Crippen molar-refractivity contribution < 1.29 is 18.4 Å². The number of carbonyl (C=O) groups is 2. The van der Waals surface area contributed by atoms with Gasteiger partial charge in [-0.3, -0.25) is 9.59 Å². The van der Waals surface area contributed by atoms with E-state index in [9.17, 15) is 18.4 Å². The lowest BCUT2D eigenvalue weighted by molar-refractivity contribution is -0.119. The Morgan fingerprint density at radius 3 is 2.52 bits per heavy atom. The van der Waals surface area contributed by atoms with Gasteiger partial charge in [-0.05, 0) is 36.8 Å². The molecule has 5 nitrogen and oxygen atoms in total. The quantitative estimate of drug-likeness (QED) is 0.624. The molecule has 0 unspecified atom stereocenters. The first-order valence-corrected chi connectivity index (χ1v) is 9.14. The Kier molecular flexibility index (Phi) is 5.75. The average molecular weight is 389 g/mol. The van der Waals surface area contributed by atoms with Gasteiger partial charge in [-0.2, -0.15) is 0 Å². The second-order valence-corrected chi connectivity index (χ2v) is 7.00. The molecule has 3 aromatic rings. The number of rotatable bonds is 6. The highest BCUT2D eigenvalue weighted by molar-refractivity contribution is 7.21. The van der Waals surface area contributed by atoms with E-state index < -0.39 is 11.6 Å². The molecule has 0 saturated heterocycles. The molecule has 2 amide bonds. The van der Waals surface area contributed by atoms with Crippen LogP contribution in [0.15, 0.2) is 36.4 Å². The number of fused-ring (bicyclic) bond motifs is 1. The fraction of sp³-hybridized carbons (Fsp3) is 0.211. The van der Waals surface area contributed by atoms with Crippen LogP contribution >= 0.6 is 11.3 Å². The molecular formula is C19H17F2N3O2S. The predicted octanol–water partition coefficient (Wildman–Crippen LogP) is 4.10. The van der Waals surface area contributed by atoms with Crippen LogP contribution in [0.2, 0.25) is 0 Å². The average Bonchev–Trinajstić information content (AvgIpc) is 3.02. The number of amides is 2. The molecule has 2 aromatic carbocycles. The molecular weight excluding hydrogens is 372 g/mol. The van der Waals surface area contributed by atoms with Crippen LogP contribution < -0.4 is 10.6 Å². The van der Waals surface area contributed by atoms with Crippen molar-refractivity contribution in [2.24, 2.45) is 0 Å².